The first-order valence-corrected chi connectivity index (χ1v) is 6.81. The highest BCUT2D eigenvalue weighted by Crippen LogP contribution is 2.26. The van der Waals surface area contributed by atoms with Crippen molar-refractivity contribution in [1.29, 1.82) is 0 Å². The molecule has 1 heterocycles. The van der Waals surface area contributed by atoms with Crippen LogP contribution in [0, 0.1) is 5.82 Å². The summed E-state index contributed by atoms with van der Waals surface area (Å²) in [5.74, 6) is -0.614. The minimum Gasteiger partial charge on any atom is -0.396 e. The summed E-state index contributed by atoms with van der Waals surface area (Å²) < 4.78 is 38.8. The van der Waals surface area contributed by atoms with Crippen LogP contribution in [0.3, 0.4) is 0 Å². The summed E-state index contributed by atoms with van der Waals surface area (Å²) in [5, 5.41) is 0. The Kier molecular flexibility index (Phi) is 3.39. The number of rotatable bonds is 3. The van der Waals surface area contributed by atoms with Gasteiger partial charge in [0.15, 0.2) is 0 Å². The molecule has 0 saturated carbocycles. The maximum Gasteiger partial charge on any atom is 0.264 e. The summed E-state index contributed by atoms with van der Waals surface area (Å²) in [5.41, 5.74) is 6.20. The van der Waals surface area contributed by atoms with E-state index in [1.54, 1.807) is 0 Å². The molecule has 100 valence electrons. The second-order valence-electron chi connectivity index (χ2n) is 3.86. The standard InChI is InChI=1S/C12H12FN3O2S/c1-16(12-5-6-15-8-11(12)14)19(17,18)10-4-2-3-9(13)7-10/h2-8H,14H2,1H3. The first-order chi connectivity index (χ1) is 8.93. The van der Waals surface area contributed by atoms with E-state index in [-0.39, 0.29) is 10.6 Å². The van der Waals surface area contributed by atoms with Crippen LogP contribution in [0.25, 0.3) is 0 Å². The average molecular weight is 281 g/mol. The fourth-order valence-corrected chi connectivity index (χ4v) is 2.85. The molecule has 19 heavy (non-hydrogen) atoms. The third kappa shape index (κ3) is 2.50. The molecule has 1 aromatic heterocycles. The van der Waals surface area contributed by atoms with Gasteiger partial charge in [0.2, 0.25) is 0 Å². The lowest BCUT2D eigenvalue weighted by Crippen LogP contribution is -2.27. The zero-order valence-corrected chi connectivity index (χ0v) is 10.9. The summed E-state index contributed by atoms with van der Waals surface area (Å²) in [6.45, 7) is 0. The van der Waals surface area contributed by atoms with Crippen molar-refractivity contribution in [3.8, 4) is 0 Å². The number of hydrogen-bond acceptors (Lipinski definition) is 4. The highest BCUT2D eigenvalue weighted by atomic mass is 32.2. The van der Waals surface area contributed by atoms with Gasteiger partial charge in [-0.25, -0.2) is 12.8 Å². The Morgan fingerprint density at radius 1 is 1.32 bits per heavy atom. The molecule has 0 fully saturated rings. The second kappa shape index (κ2) is 4.85. The largest absolute Gasteiger partial charge is 0.396 e. The van der Waals surface area contributed by atoms with E-state index in [2.05, 4.69) is 4.98 Å². The van der Waals surface area contributed by atoms with Gasteiger partial charge in [0.1, 0.15) is 5.82 Å². The number of halogens is 1. The van der Waals surface area contributed by atoms with Crippen LogP contribution in [0.5, 0.6) is 0 Å². The second-order valence-corrected chi connectivity index (χ2v) is 5.83. The Balaban J connectivity index is 2.49. The molecule has 0 radical (unpaired) electrons. The van der Waals surface area contributed by atoms with Gasteiger partial charge >= 0.3 is 0 Å². The summed E-state index contributed by atoms with van der Waals surface area (Å²) in [4.78, 5) is 3.66. The van der Waals surface area contributed by atoms with Gasteiger partial charge in [0.05, 0.1) is 22.5 Å². The number of nitrogen functional groups attached to an aromatic ring is 1. The molecule has 2 rings (SSSR count). The number of sulfonamides is 1. The quantitative estimate of drug-likeness (QED) is 0.927. The fraction of sp³-hybridized carbons (Fsp3) is 0.0833. The van der Waals surface area contributed by atoms with Crippen LogP contribution in [0.15, 0.2) is 47.6 Å². The van der Waals surface area contributed by atoms with E-state index in [0.717, 1.165) is 10.4 Å². The number of benzene rings is 1. The molecule has 0 aliphatic carbocycles. The molecule has 2 N–H and O–H groups in total. The fourth-order valence-electron chi connectivity index (χ4n) is 1.60. The van der Waals surface area contributed by atoms with Gasteiger partial charge in [-0.3, -0.25) is 9.29 Å². The molecule has 0 bridgehead atoms. The van der Waals surface area contributed by atoms with E-state index in [0.29, 0.717) is 5.69 Å². The van der Waals surface area contributed by atoms with Gasteiger partial charge in [-0.05, 0) is 24.3 Å². The van der Waals surface area contributed by atoms with E-state index < -0.39 is 15.8 Å². The van der Waals surface area contributed by atoms with E-state index in [1.807, 2.05) is 0 Å². The van der Waals surface area contributed by atoms with Crippen molar-refractivity contribution in [1.82, 2.24) is 4.98 Å². The van der Waals surface area contributed by atoms with Crippen LogP contribution in [0.4, 0.5) is 15.8 Å². The molecule has 0 aliphatic rings. The summed E-state index contributed by atoms with van der Waals surface area (Å²) >= 11 is 0. The summed E-state index contributed by atoms with van der Waals surface area (Å²) in [6.07, 6.45) is 2.79. The third-order valence-corrected chi connectivity index (χ3v) is 4.39. The zero-order chi connectivity index (χ0) is 14.0. The molecule has 5 nitrogen and oxygen atoms in total. The Labute approximate surface area is 110 Å². The van der Waals surface area contributed by atoms with Gasteiger partial charge in [0, 0.05) is 13.2 Å². The van der Waals surface area contributed by atoms with E-state index in [1.165, 1.54) is 43.7 Å². The van der Waals surface area contributed by atoms with Gasteiger partial charge in [-0.2, -0.15) is 0 Å². The van der Waals surface area contributed by atoms with Crippen molar-refractivity contribution >= 4 is 21.4 Å². The van der Waals surface area contributed by atoms with Crippen molar-refractivity contribution in [2.24, 2.45) is 0 Å². The lowest BCUT2D eigenvalue weighted by atomic mass is 10.3. The lowest BCUT2D eigenvalue weighted by Gasteiger charge is -2.20. The Hall–Kier alpha value is -2.15. The molecule has 0 spiro atoms. The van der Waals surface area contributed by atoms with Crippen molar-refractivity contribution in [2.45, 2.75) is 4.90 Å². The Bertz CT molecular complexity index is 704. The predicted molar refractivity (Wildman–Crippen MR) is 70.6 cm³/mol. The van der Waals surface area contributed by atoms with Gasteiger partial charge < -0.3 is 5.73 Å². The van der Waals surface area contributed by atoms with Crippen molar-refractivity contribution in [2.75, 3.05) is 17.1 Å². The van der Waals surface area contributed by atoms with E-state index in [4.69, 9.17) is 5.73 Å². The molecule has 0 saturated heterocycles. The molecule has 0 atom stereocenters. The monoisotopic (exact) mass is 281 g/mol. The maximum atomic E-state index is 13.1. The zero-order valence-electron chi connectivity index (χ0n) is 10.1. The number of nitrogens with zero attached hydrogens (tertiary/aromatic N) is 2. The Morgan fingerprint density at radius 2 is 2.05 bits per heavy atom. The smallest absolute Gasteiger partial charge is 0.264 e. The number of aromatic nitrogens is 1. The van der Waals surface area contributed by atoms with Crippen molar-refractivity contribution < 1.29 is 12.8 Å². The van der Waals surface area contributed by atoms with Crippen LogP contribution in [-0.4, -0.2) is 20.4 Å². The molecule has 0 aliphatic heterocycles. The Morgan fingerprint density at radius 3 is 2.68 bits per heavy atom. The molecule has 0 unspecified atom stereocenters. The number of nitrogens with two attached hydrogens (primary N) is 1. The van der Waals surface area contributed by atoms with Gasteiger partial charge in [-0.15, -0.1) is 0 Å². The molecule has 0 amide bonds. The minimum absolute atomic E-state index is 0.133. The normalized spacial score (nSPS) is 11.3. The lowest BCUT2D eigenvalue weighted by molar-refractivity contribution is 0.589. The predicted octanol–water partition coefficient (Wildman–Crippen LogP) is 1.63. The van der Waals surface area contributed by atoms with Crippen LogP contribution >= 0.6 is 0 Å². The summed E-state index contributed by atoms with van der Waals surface area (Å²) in [7, 11) is -2.50. The van der Waals surface area contributed by atoms with Crippen molar-refractivity contribution in [3.63, 3.8) is 0 Å². The van der Waals surface area contributed by atoms with E-state index in [9.17, 15) is 12.8 Å². The SMILES string of the molecule is CN(c1ccncc1N)S(=O)(=O)c1cccc(F)c1. The highest BCUT2D eigenvalue weighted by molar-refractivity contribution is 7.92. The highest BCUT2D eigenvalue weighted by Gasteiger charge is 2.23. The first kappa shape index (κ1) is 13.3. The third-order valence-electron chi connectivity index (χ3n) is 2.62. The number of anilines is 2. The van der Waals surface area contributed by atoms with Gasteiger partial charge in [-0.1, -0.05) is 6.07 Å². The average Bonchev–Trinajstić information content (AvgIpc) is 2.38. The van der Waals surface area contributed by atoms with Crippen LogP contribution in [0.2, 0.25) is 0 Å². The van der Waals surface area contributed by atoms with Crippen LogP contribution in [-0.2, 0) is 10.0 Å². The maximum absolute atomic E-state index is 13.1. The molecule has 1 aromatic carbocycles. The van der Waals surface area contributed by atoms with Crippen LogP contribution < -0.4 is 10.0 Å². The minimum atomic E-state index is -3.85. The number of pyridine rings is 1. The van der Waals surface area contributed by atoms with Crippen molar-refractivity contribution in [3.05, 3.63) is 48.5 Å². The molecular weight excluding hydrogens is 269 g/mol. The van der Waals surface area contributed by atoms with Crippen LogP contribution in [0.1, 0.15) is 0 Å². The summed E-state index contributed by atoms with van der Waals surface area (Å²) in [6, 6.07) is 6.29. The van der Waals surface area contributed by atoms with E-state index >= 15 is 0 Å². The molecular formula is C12H12FN3O2S. The number of hydrogen-bond donors (Lipinski definition) is 1. The molecule has 7 heteroatoms. The van der Waals surface area contributed by atoms with Gasteiger partial charge in [0.25, 0.3) is 10.0 Å². The topological polar surface area (TPSA) is 76.3 Å². The first-order valence-electron chi connectivity index (χ1n) is 5.37. The molecule has 2 aromatic rings.